The monoisotopic (exact) mass is 180 g/mol. The Labute approximate surface area is 66.7 Å². The first-order valence-corrected chi connectivity index (χ1v) is 3.03. The van der Waals surface area contributed by atoms with Gasteiger partial charge >= 0.3 is 12.1 Å². The first-order chi connectivity index (χ1) is 5.54. The first kappa shape index (κ1) is 10.7. The molecule has 0 amide bonds. The molecule has 2 atom stereocenters. The van der Waals surface area contributed by atoms with Crippen molar-refractivity contribution in [3.05, 3.63) is 20.2 Å². The summed E-state index contributed by atoms with van der Waals surface area (Å²) in [6.07, 6.45) is 0. The Hall–Kier alpha value is -1.28. The fourth-order valence-electron chi connectivity index (χ4n) is 0.658. The fraction of sp³-hybridized carbons (Fsp3) is 1.00. The molecule has 8 nitrogen and oxygen atoms in total. The van der Waals surface area contributed by atoms with E-state index >= 15 is 0 Å². The number of nitro groups is 2. The van der Waals surface area contributed by atoms with E-state index in [0.717, 1.165) is 0 Å². The van der Waals surface area contributed by atoms with Crippen LogP contribution in [0.4, 0.5) is 0 Å². The Kier molecular flexibility index (Phi) is 4.08. The molecular weight excluding hydrogens is 172 g/mol. The lowest BCUT2D eigenvalue weighted by atomic mass is 10.1. The van der Waals surface area contributed by atoms with E-state index in [2.05, 4.69) is 0 Å². The lowest BCUT2D eigenvalue weighted by Crippen LogP contribution is -2.44. The van der Waals surface area contributed by atoms with Crippen molar-refractivity contribution in [2.75, 3.05) is 13.2 Å². The van der Waals surface area contributed by atoms with Gasteiger partial charge in [0.1, 0.15) is 13.2 Å². The van der Waals surface area contributed by atoms with E-state index < -0.39 is 35.1 Å². The molecule has 0 aliphatic heterocycles. The van der Waals surface area contributed by atoms with Gasteiger partial charge in [-0.25, -0.2) is 0 Å². The van der Waals surface area contributed by atoms with E-state index in [1.807, 2.05) is 0 Å². The zero-order valence-corrected chi connectivity index (χ0v) is 5.99. The molecule has 0 fully saturated rings. The number of aliphatic hydroxyl groups is 2. The molecule has 2 unspecified atom stereocenters. The Morgan fingerprint density at radius 3 is 1.33 bits per heavy atom. The molecule has 0 radical (unpaired) electrons. The van der Waals surface area contributed by atoms with Crippen LogP contribution in [0, 0.1) is 20.2 Å². The van der Waals surface area contributed by atoms with E-state index in [1.165, 1.54) is 0 Å². The lowest BCUT2D eigenvalue weighted by molar-refractivity contribution is -0.620. The molecule has 0 saturated heterocycles. The zero-order chi connectivity index (χ0) is 9.72. The Morgan fingerprint density at radius 1 is 1.00 bits per heavy atom. The molecule has 8 heteroatoms. The normalized spacial score (nSPS) is 15.2. The molecule has 2 N–H and O–H groups in total. The first-order valence-electron chi connectivity index (χ1n) is 3.03. The van der Waals surface area contributed by atoms with Gasteiger partial charge in [-0.15, -0.1) is 0 Å². The second-order valence-electron chi connectivity index (χ2n) is 2.07. The van der Waals surface area contributed by atoms with Crippen LogP contribution in [0.5, 0.6) is 0 Å². The highest BCUT2D eigenvalue weighted by Gasteiger charge is 2.39. The summed E-state index contributed by atoms with van der Waals surface area (Å²) in [6.45, 7) is -1.92. The number of rotatable bonds is 5. The highest BCUT2D eigenvalue weighted by molar-refractivity contribution is 4.66. The smallest absolute Gasteiger partial charge is 0.303 e. The minimum atomic E-state index is -1.75. The summed E-state index contributed by atoms with van der Waals surface area (Å²) in [6, 6.07) is -3.49. The van der Waals surface area contributed by atoms with Crippen LogP contribution in [-0.4, -0.2) is 45.4 Å². The molecule has 0 spiro atoms. The highest BCUT2D eigenvalue weighted by Crippen LogP contribution is 2.00. The van der Waals surface area contributed by atoms with E-state index in [9.17, 15) is 20.2 Å². The van der Waals surface area contributed by atoms with Gasteiger partial charge in [-0.3, -0.25) is 20.2 Å². The van der Waals surface area contributed by atoms with Crippen molar-refractivity contribution in [1.29, 1.82) is 0 Å². The quantitative estimate of drug-likeness (QED) is 0.382. The third-order valence-electron chi connectivity index (χ3n) is 1.36. The summed E-state index contributed by atoms with van der Waals surface area (Å²) in [7, 11) is 0. The van der Waals surface area contributed by atoms with Crippen molar-refractivity contribution in [3.63, 3.8) is 0 Å². The maximum atomic E-state index is 10.1. The minimum Gasteiger partial charge on any atom is -0.389 e. The standard InChI is InChI=1S/C4H8N2O6/c7-1-3(5(9)10)4(2-8)6(11)12/h3-4,7-8H,1-2H2. The molecule has 0 aromatic rings. The van der Waals surface area contributed by atoms with Crippen molar-refractivity contribution < 1.29 is 20.1 Å². The van der Waals surface area contributed by atoms with Crippen LogP contribution in [0.1, 0.15) is 0 Å². The molecule has 12 heavy (non-hydrogen) atoms. The van der Waals surface area contributed by atoms with Crippen molar-refractivity contribution in [2.45, 2.75) is 12.1 Å². The van der Waals surface area contributed by atoms with Crippen LogP contribution in [-0.2, 0) is 0 Å². The molecule has 0 saturated carbocycles. The summed E-state index contributed by atoms with van der Waals surface area (Å²) < 4.78 is 0. The molecular formula is C4H8N2O6. The van der Waals surface area contributed by atoms with E-state index in [1.54, 1.807) is 0 Å². The Balaban J connectivity index is 4.44. The topological polar surface area (TPSA) is 127 Å². The predicted molar refractivity (Wildman–Crippen MR) is 35.7 cm³/mol. The largest absolute Gasteiger partial charge is 0.389 e. The van der Waals surface area contributed by atoms with Crippen LogP contribution in [0.3, 0.4) is 0 Å². The van der Waals surface area contributed by atoms with Crippen LogP contribution in [0.2, 0.25) is 0 Å². The molecule has 0 aliphatic carbocycles. The average Bonchev–Trinajstić information content (AvgIpc) is 1.98. The van der Waals surface area contributed by atoms with Crippen LogP contribution < -0.4 is 0 Å². The third kappa shape index (κ3) is 2.40. The van der Waals surface area contributed by atoms with Crippen LogP contribution in [0.25, 0.3) is 0 Å². The number of hydrogen-bond donors (Lipinski definition) is 2. The summed E-state index contributed by atoms with van der Waals surface area (Å²) in [5, 5.41) is 36.9. The van der Waals surface area contributed by atoms with E-state index in [0.29, 0.717) is 0 Å². The number of nitrogens with zero attached hydrogens (tertiary/aromatic N) is 2. The maximum absolute atomic E-state index is 10.1. The molecule has 0 aromatic heterocycles. The molecule has 0 rings (SSSR count). The van der Waals surface area contributed by atoms with Gasteiger partial charge in [-0.2, -0.15) is 0 Å². The molecule has 0 aliphatic rings. The van der Waals surface area contributed by atoms with Crippen molar-refractivity contribution in [3.8, 4) is 0 Å². The van der Waals surface area contributed by atoms with Gasteiger partial charge in [0.2, 0.25) is 0 Å². The molecule has 0 heterocycles. The summed E-state index contributed by atoms with van der Waals surface area (Å²) in [5.41, 5.74) is 0. The summed E-state index contributed by atoms with van der Waals surface area (Å²) >= 11 is 0. The van der Waals surface area contributed by atoms with Crippen LogP contribution in [0.15, 0.2) is 0 Å². The second-order valence-corrected chi connectivity index (χ2v) is 2.07. The minimum absolute atomic E-state index is 0.959. The number of aliphatic hydroxyl groups excluding tert-OH is 2. The summed E-state index contributed by atoms with van der Waals surface area (Å²) in [4.78, 5) is 18.2. The predicted octanol–water partition coefficient (Wildman–Crippen LogP) is -1.74. The molecule has 0 aromatic carbocycles. The van der Waals surface area contributed by atoms with Crippen molar-refractivity contribution in [1.82, 2.24) is 0 Å². The van der Waals surface area contributed by atoms with Gasteiger partial charge in [0.25, 0.3) is 0 Å². The van der Waals surface area contributed by atoms with Gasteiger partial charge < -0.3 is 10.2 Å². The molecule has 0 bridgehead atoms. The van der Waals surface area contributed by atoms with E-state index in [-0.39, 0.29) is 0 Å². The van der Waals surface area contributed by atoms with Crippen molar-refractivity contribution >= 4 is 0 Å². The molecule has 70 valence electrons. The van der Waals surface area contributed by atoms with Crippen LogP contribution >= 0.6 is 0 Å². The van der Waals surface area contributed by atoms with Gasteiger partial charge in [-0.05, 0) is 0 Å². The second kappa shape index (κ2) is 4.57. The van der Waals surface area contributed by atoms with E-state index in [4.69, 9.17) is 10.2 Å². The average molecular weight is 180 g/mol. The lowest BCUT2D eigenvalue weighted by Gasteiger charge is -2.09. The zero-order valence-electron chi connectivity index (χ0n) is 5.99. The Morgan fingerprint density at radius 2 is 1.25 bits per heavy atom. The van der Waals surface area contributed by atoms with Gasteiger partial charge in [0, 0.05) is 9.85 Å². The third-order valence-corrected chi connectivity index (χ3v) is 1.36. The fourth-order valence-corrected chi connectivity index (χ4v) is 0.658. The van der Waals surface area contributed by atoms with Crippen molar-refractivity contribution in [2.24, 2.45) is 0 Å². The summed E-state index contributed by atoms with van der Waals surface area (Å²) in [5.74, 6) is 0. The van der Waals surface area contributed by atoms with Gasteiger partial charge in [-0.1, -0.05) is 0 Å². The Bertz CT molecular complexity index is 162. The maximum Gasteiger partial charge on any atom is 0.303 e. The number of hydrogen-bond acceptors (Lipinski definition) is 6. The SMILES string of the molecule is O=[N+]([O-])C(CO)C(CO)[N+](=O)[O-]. The van der Waals surface area contributed by atoms with Gasteiger partial charge in [0.05, 0.1) is 0 Å². The van der Waals surface area contributed by atoms with Gasteiger partial charge in [0.15, 0.2) is 0 Å². The highest BCUT2D eigenvalue weighted by atomic mass is 16.6.